The molecule has 1 aromatic rings. The lowest BCUT2D eigenvalue weighted by molar-refractivity contribution is -0.136. The summed E-state index contributed by atoms with van der Waals surface area (Å²) < 4.78 is 12.1. The minimum Gasteiger partial charge on any atom is -0.480 e. The summed E-state index contributed by atoms with van der Waals surface area (Å²) in [6, 6.07) is 5.82. The first-order valence-corrected chi connectivity index (χ1v) is 10.5. The van der Waals surface area contributed by atoms with Gasteiger partial charge in [-0.25, -0.2) is 0 Å². The van der Waals surface area contributed by atoms with Gasteiger partial charge in [0.05, 0.1) is 0 Å². The van der Waals surface area contributed by atoms with Gasteiger partial charge in [-0.2, -0.15) is 0 Å². The van der Waals surface area contributed by atoms with Crippen LogP contribution in [0.2, 0.25) is 0 Å². The van der Waals surface area contributed by atoms with Crippen LogP contribution in [0, 0.1) is 6.92 Å². The van der Waals surface area contributed by atoms with Gasteiger partial charge in [0.2, 0.25) is 0 Å². The first kappa shape index (κ1) is 21.5. The lowest BCUT2D eigenvalue weighted by Crippen LogP contribution is -2.38. The second kappa shape index (κ2) is 10.5. The van der Waals surface area contributed by atoms with Gasteiger partial charge in [-0.3, -0.25) is 9.69 Å². The molecule has 2 fully saturated rings. The summed E-state index contributed by atoms with van der Waals surface area (Å²) in [5.74, 6) is 1.64. The SMILES string of the molecule is CC.Cc1c(OC(C)N2CCCC2)cccc1O[C@H](C)C(=O)N1CCCC1. The highest BCUT2D eigenvalue weighted by Crippen LogP contribution is 2.30. The molecule has 1 amide bonds. The van der Waals surface area contributed by atoms with E-state index in [1.54, 1.807) is 0 Å². The van der Waals surface area contributed by atoms with Gasteiger partial charge in [0, 0.05) is 31.7 Å². The molecule has 2 heterocycles. The summed E-state index contributed by atoms with van der Waals surface area (Å²) in [7, 11) is 0. The fourth-order valence-electron chi connectivity index (χ4n) is 3.65. The summed E-state index contributed by atoms with van der Waals surface area (Å²) in [5.41, 5.74) is 0.953. The van der Waals surface area contributed by atoms with E-state index in [1.807, 2.05) is 50.8 Å². The number of ether oxygens (including phenoxy) is 2. The van der Waals surface area contributed by atoms with Crippen LogP contribution in [0.15, 0.2) is 18.2 Å². The predicted octanol–water partition coefficient (Wildman–Crippen LogP) is 4.23. The Balaban J connectivity index is 0.00000126. The molecule has 5 heteroatoms. The highest BCUT2D eigenvalue weighted by Gasteiger charge is 2.25. The monoisotopic (exact) mass is 376 g/mol. The van der Waals surface area contributed by atoms with E-state index >= 15 is 0 Å². The van der Waals surface area contributed by atoms with Crippen molar-refractivity contribution in [3.63, 3.8) is 0 Å². The Hall–Kier alpha value is -1.75. The maximum atomic E-state index is 12.5. The maximum absolute atomic E-state index is 12.5. The predicted molar refractivity (Wildman–Crippen MR) is 109 cm³/mol. The zero-order valence-corrected chi connectivity index (χ0v) is 17.7. The van der Waals surface area contributed by atoms with Crippen molar-refractivity contribution in [3.8, 4) is 11.5 Å². The normalized spacial score (nSPS) is 19.2. The third kappa shape index (κ3) is 5.61. The van der Waals surface area contributed by atoms with Crippen molar-refractivity contribution >= 4 is 5.91 Å². The third-order valence-corrected chi connectivity index (χ3v) is 5.26. The van der Waals surface area contributed by atoms with Crippen molar-refractivity contribution in [2.75, 3.05) is 26.2 Å². The van der Waals surface area contributed by atoms with Gasteiger partial charge < -0.3 is 14.4 Å². The van der Waals surface area contributed by atoms with Crippen LogP contribution in [0.25, 0.3) is 0 Å². The molecule has 2 aliphatic heterocycles. The number of hydrogen-bond donors (Lipinski definition) is 0. The van der Waals surface area contributed by atoms with E-state index in [1.165, 1.54) is 12.8 Å². The zero-order valence-electron chi connectivity index (χ0n) is 17.7. The summed E-state index contributed by atoms with van der Waals surface area (Å²) in [5, 5.41) is 0. The van der Waals surface area contributed by atoms with E-state index in [-0.39, 0.29) is 12.1 Å². The number of amides is 1. The number of nitrogens with zero attached hydrogens (tertiary/aromatic N) is 2. The lowest BCUT2D eigenvalue weighted by Gasteiger charge is -2.26. The number of carbonyl (C=O) groups excluding carboxylic acids is 1. The fourth-order valence-corrected chi connectivity index (χ4v) is 3.65. The molecule has 0 N–H and O–H groups in total. The number of carbonyl (C=O) groups is 1. The Morgan fingerprint density at radius 2 is 1.44 bits per heavy atom. The highest BCUT2D eigenvalue weighted by atomic mass is 16.5. The van der Waals surface area contributed by atoms with Gasteiger partial charge in [-0.05, 0) is 58.6 Å². The number of hydrogen-bond acceptors (Lipinski definition) is 4. The molecule has 0 aliphatic carbocycles. The molecule has 0 spiro atoms. The van der Waals surface area contributed by atoms with Crippen LogP contribution >= 0.6 is 0 Å². The molecule has 3 rings (SSSR count). The van der Waals surface area contributed by atoms with Crippen molar-refractivity contribution in [1.29, 1.82) is 0 Å². The van der Waals surface area contributed by atoms with Gasteiger partial charge in [-0.1, -0.05) is 19.9 Å². The molecule has 0 radical (unpaired) electrons. The standard InChI is InChI=1S/C20H30N2O3.C2H6/c1-15-18(24-16(2)20(23)22-13-6-7-14-22)9-8-10-19(15)25-17(3)21-11-4-5-12-21;1-2/h8-10,16-17H,4-7,11-14H2,1-3H3;1-2H3/t16-,17?;/m1./s1. The van der Waals surface area contributed by atoms with Crippen molar-refractivity contribution in [2.24, 2.45) is 0 Å². The molecule has 152 valence electrons. The van der Waals surface area contributed by atoms with Crippen LogP contribution in [0.3, 0.4) is 0 Å². The average molecular weight is 377 g/mol. The minimum absolute atomic E-state index is 0.0557. The van der Waals surface area contributed by atoms with Crippen molar-refractivity contribution < 1.29 is 14.3 Å². The van der Waals surface area contributed by atoms with Gasteiger partial charge >= 0.3 is 0 Å². The smallest absolute Gasteiger partial charge is 0.263 e. The molecule has 2 saturated heterocycles. The molecule has 0 saturated carbocycles. The molecule has 5 nitrogen and oxygen atoms in total. The number of rotatable bonds is 6. The Bertz CT molecular complexity index is 593. The van der Waals surface area contributed by atoms with Gasteiger partial charge in [0.25, 0.3) is 5.91 Å². The highest BCUT2D eigenvalue weighted by molar-refractivity contribution is 5.81. The second-order valence-electron chi connectivity index (χ2n) is 7.13. The van der Waals surface area contributed by atoms with E-state index in [2.05, 4.69) is 11.8 Å². The average Bonchev–Trinajstić information content (AvgIpc) is 3.40. The van der Waals surface area contributed by atoms with E-state index in [0.29, 0.717) is 0 Å². The Kier molecular flexibility index (Phi) is 8.42. The largest absolute Gasteiger partial charge is 0.480 e. The molecule has 27 heavy (non-hydrogen) atoms. The molecule has 1 unspecified atom stereocenters. The van der Waals surface area contributed by atoms with Crippen molar-refractivity contribution in [3.05, 3.63) is 23.8 Å². The quantitative estimate of drug-likeness (QED) is 0.745. The molecular formula is C22H36N2O3. The van der Waals surface area contributed by atoms with Gasteiger partial charge in [0.15, 0.2) is 6.10 Å². The summed E-state index contributed by atoms with van der Waals surface area (Å²) in [6.07, 6.45) is 4.26. The van der Waals surface area contributed by atoms with Crippen molar-refractivity contribution in [2.45, 2.75) is 72.6 Å². The van der Waals surface area contributed by atoms with Crippen LogP contribution in [0.4, 0.5) is 0 Å². The number of likely N-dealkylation sites (tertiary alicyclic amines) is 2. The van der Waals surface area contributed by atoms with E-state index < -0.39 is 6.10 Å². The van der Waals surface area contributed by atoms with E-state index in [0.717, 1.165) is 56.1 Å². The van der Waals surface area contributed by atoms with Crippen LogP contribution in [0.5, 0.6) is 11.5 Å². The molecule has 2 aliphatic rings. The molecule has 0 aromatic heterocycles. The van der Waals surface area contributed by atoms with Crippen molar-refractivity contribution in [1.82, 2.24) is 9.80 Å². The van der Waals surface area contributed by atoms with Crippen LogP contribution in [-0.2, 0) is 4.79 Å². The van der Waals surface area contributed by atoms with Gasteiger partial charge in [-0.15, -0.1) is 0 Å². The second-order valence-corrected chi connectivity index (χ2v) is 7.13. The molecule has 1 aromatic carbocycles. The third-order valence-electron chi connectivity index (χ3n) is 5.26. The van der Waals surface area contributed by atoms with E-state index in [9.17, 15) is 4.79 Å². The Morgan fingerprint density at radius 1 is 0.926 bits per heavy atom. The Labute approximate surface area is 164 Å². The lowest BCUT2D eigenvalue weighted by atomic mass is 10.2. The molecule has 0 bridgehead atoms. The zero-order chi connectivity index (χ0) is 19.8. The van der Waals surface area contributed by atoms with Crippen LogP contribution in [0.1, 0.15) is 58.9 Å². The number of benzene rings is 1. The Morgan fingerprint density at radius 3 is 2.04 bits per heavy atom. The first-order chi connectivity index (χ1) is 13.1. The molecular weight excluding hydrogens is 340 g/mol. The van der Waals surface area contributed by atoms with Crippen LogP contribution in [-0.4, -0.2) is 54.2 Å². The topological polar surface area (TPSA) is 42.0 Å². The summed E-state index contributed by atoms with van der Waals surface area (Å²) in [6.45, 7) is 13.8. The maximum Gasteiger partial charge on any atom is 0.263 e. The van der Waals surface area contributed by atoms with Gasteiger partial charge in [0.1, 0.15) is 17.7 Å². The summed E-state index contributed by atoms with van der Waals surface area (Å²) >= 11 is 0. The molecule has 2 atom stereocenters. The summed E-state index contributed by atoms with van der Waals surface area (Å²) in [4.78, 5) is 16.7. The minimum atomic E-state index is -0.469. The first-order valence-electron chi connectivity index (χ1n) is 10.5. The fraction of sp³-hybridized carbons (Fsp3) is 0.682. The van der Waals surface area contributed by atoms with E-state index in [4.69, 9.17) is 9.47 Å². The van der Waals surface area contributed by atoms with Crippen LogP contribution < -0.4 is 9.47 Å².